The average Bonchev–Trinajstić information content (AvgIpc) is 2.32. The second kappa shape index (κ2) is 5.14. The first kappa shape index (κ1) is 11.2. The van der Waals surface area contributed by atoms with E-state index < -0.39 is 0 Å². The Labute approximate surface area is 96.9 Å². The smallest absolute Gasteiger partial charge is 0.131 e. The lowest BCUT2D eigenvalue weighted by Gasteiger charge is -2.29. The fourth-order valence-electron chi connectivity index (χ4n) is 2.29. The van der Waals surface area contributed by atoms with E-state index in [1.54, 1.807) is 6.33 Å². The van der Waals surface area contributed by atoms with Crippen molar-refractivity contribution in [2.45, 2.75) is 38.6 Å². The van der Waals surface area contributed by atoms with Crippen molar-refractivity contribution in [3.8, 4) is 0 Å². The highest BCUT2D eigenvalue weighted by atomic mass is 15.1. The van der Waals surface area contributed by atoms with Crippen LogP contribution in [0.1, 0.15) is 32.6 Å². The van der Waals surface area contributed by atoms with Gasteiger partial charge in [-0.1, -0.05) is 19.8 Å². The van der Waals surface area contributed by atoms with Crippen LogP contribution in [0, 0.1) is 5.92 Å². The van der Waals surface area contributed by atoms with E-state index in [2.05, 4.69) is 27.5 Å². The first-order chi connectivity index (χ1) is 7.79. The predicted octanol–water partition coefficient (Wildman–Crippen LogP) is 2.51. The molecule has 2 atom stereocenters. The number of nitrogens with zero attached hydrogens (tertiary/aromatic N) is 2. The van der Waals surface area contributed by atoms with E-state index in [1.807, 2.05) is 13.1 Å². The molecule has 0 amide bonds. The van der Waals surface area contributed by atoms with Crippen molar-refractivity contribution in [3.63, 3.8) is 0 Å². The van der Waals surface area contributed by atoms with Gasteiger partial charge in [-0.2, -0.15) is 0 Å². The zero-order valence-corrected chi connectivity index (χ0v) is 10.0. The highest BCUT2D eigenvalue weighted by molar-refractivity contribution is 5.46. The maximum atomic E-state index is 4.25. The summed E-state index contributed by atoms with van der Waals surface area (Å²) in [6, 6.07) is 2.52. The number of aromatic nitrogens is 2. The van der Waals surface area contributed by atoms with Crippen LogP contribution in [-0.4, -0.2) is 23.1 Å². The van der Waals surface area contributed by atoms with Crippen molar-refractivity contribution in [3.05, 3.63) is 12.4 Å². The van der Waals surface area contributed by atoms with Gasteiger partial charge >= 0.3 is 0 Å². The minimum atomic E-state index is 0.563. The van der Waals surface area contributed by atoms with E-state index >= 15 is 0 Å². The van der Waals surface area contributed by atoms with Gasteiger partial charge in [0.05, 0.1) is 0 Å². The summed E-state index contributed by atoms with van der Waals surface area (Å²) in [7, 11) is 1.87. The van der Waals surface area contributed by atoms with E-state index in [0.717, 1.165) is 17.6 Å². The minimum absolute atomic E-state index is 0.563. The molecule has 16 heavy (non-hydrogen) atoms. The highest BCUT2D eigenvalue weighted by Gasteiger charge is 2.21. The average molecular weight is 220 g/mol. The Morgan fingerprint density at radius 2 is 1.94 bits per heavy atom. The monoisotopic (exact) mass is 220 g/mol. The van der Waals surface area contributed by atoms with Gasteiger partial charge in [0.1, 0.15) is 18.0 Å². The van der Waals surface area contributed by atoms with Gasteiger partial charge in [0.15, 0.2) is 0 Å². The largest absolute Gasteiger partial charge is 0.373 e. The highest BCUT2D eigenvalue weighted by Crippen LogP contribution is 2.26. The van der Waals surface area contributed by atoms with Crippen LogP contribution in [0.5, 0.6) is 0 Å². The number of hydrogen-bond acceptors (Lipinski definition) is 4. The van der Waals surface area contributed by atoms with Crippen molar-refractivity contribution in [2.75, 3.05) is 17.7 Å². The standard InChI is InChI=1S/C12H20N4/c1-9-5-3-4-6-10(9)16-12-7-11(13-2)14-8-15-12/h7-10H,3-6H2,1-2H3,(H2,13,14,15,16)/t9-,10-/m0/s1. The molecule has 0 aliphatic heterocycles. The molecule has 2 rings (SSSR count). The van der Waals surface area contributed by atoms with Crippen LogP contribution in [0.4, 0.5) is 11.6 Å². The molecule has 0 saturated heterocycles. The molecule has 0 unspecified atom stereocenters. The summed E-state index contributed by atoms with van der Waals surface area (Å²) in [6.07, 6.45) is 6.86. The van der Waals surface area contributed by atoms with Crippen molar-refractivity contribution in [1.29, 1.82) is 0 Å². The summed E-state index contributed by atoms with van der Waals surface area (Å²) in [5.41, 5.74) is 0. The SMILES string of the molecule is CNc1cc(N[C@H]2CCCC[C@@H]2C)ncn1. The van der Waals surface area contributed by atoms with Crippen molar-refractivity contribution in [1.82, 2.24) is 9.97 Å². The van der Waals surface area contributed by atoms with Gasteiger partial charge in [-0.3, -0.25) is 0 Å². The molecule has 0 radical (unpaired) electrons. The van der Waals surface area contributed by atoms with Gasteiger partial charge in [-0.05, 0) is 18.8 Å². The third-order valence-corrected chi connectivity index (χ3v) is 3.37. The zero-order valence-electron chi connectivity index (χ0n) is 10.0. The molecule has 1 aliphatic rings. The summed E-state index contributed by atoms with van der Waals surface area (Å²) in [4.78, 5) is 8.36. The van der Waals surface area contributed by atoms with Crippen LogP contribution in [0.15, 0.2) is 12.4 Å². The summed E-state index contributed by atoms with van der Waals surface area (Å²) >= 11 is 0. The number of rotatable bonds is 3. The molecule has 1 aromatic rings. The molecule has 0 bridgehead atoms. The van der Waals surface area contributed by atoms with Gasteiger partial charge in [-0.15, -0.1) is 0 Å². The molecule has 0 aromatic carbocycles. The third-order valence-electron chi connectivity index (χ3n) is 3.37. The molecule has 1 aromatic heterocycles. The first-order valence-electron chi connectivity index (χ1n) is 6.06. The molecule has 4 nitrogen and oxygen atoms in total. The number of hydrogen-bond donors (Lipinski definition) is 2. The molecular weight excluding hydrogens is 200 g/mol. The quantitative estimate of drug-likeness (QED) is 0.821. The lowest BCUT2D eigenvalue weighted by atomic mass is 9.86. The van der Waals surface area contributed by atoms with Gasteiger partial charge in [0.2, 0.25) is 0 Å². The zero-order chi connectivity index (χ0) is 11.4. The maximum absolute atomic E-state index is 4.25. The Morgan fingerprint density at radius 3 is 2.69 bits per heavy atom. The van der Waals surface area contributed by atoms with Crippen molar-refractivity contribution in [2.24, 2.45) is 5.92 Å². The summed E-state index contributed by atoms with van der Waals surface area (Å²) < 4.78 is 0. The van der Waals surface area contributed by atoms with Crippen LogP contribution in [0.25, 0.3) is 0 Å². The molecule has 2 N–H and O–H groups in total. The Hall–Kier alpha value is -1.32. The Balaban J connectivity index is 2.01. The second-order valence-corrected chi connectivity index (χ2v) is 4.55. The number of anilines is 2. The Morgan fingerprint density at radius 1 is 1.19 bits per heavy atom. The van der Waals surface area contributed by atoms with Crippen LogP contribution in [0.3, 0.4) is 0 Å². The van der Waals surface area contributed by atoms with Gasteiger partial charge in [-0.25, -0.2) is 9.97 Å². The number of nitrogens with one attached hydrogen (secondary N) is 2. The van der Waals surface area contributed by atoms with Crippen molar-refractivity contribution < 1.29 is 0 Å². The Kier molecular flexibility index (Phi) is 3.59. The minimum Gasteiger partial charge on any atom is -0.373 e. The predicted molar refractivity (Wildman–Crippen MR) is 66.6 cm³/mol. The first-order valence-corrected chi connectivity index (χ1v) is 6.06. The van der Waals surface area contributed by atoms with Crippen LogP contribution >= 0.6 is 0 Å². The summed E-state index contributed by atoms with van der Waals surface area (Å²) in [5, 5.41) is 6.54. The van der Waals surface area contributed by atoms with Gasteiger partial charge in [0, 0.05) is 19.2 Å². The van der Waals surface area contributed by atoms with E-state index in [9.17, 15) is 0 Å². The topological polar surface area (TPSA) is 49.8 Å². The molecule has 1 fully saturated rings. The fraction of sp³-hybridized carbons (Fsp3) is 0.667. The van der Waals surface area contributed by atoms with E-state index in [0.29, 0.717) is 6.04 Å². The maximum Gasteiger partial charge on any atom is 0.131 e. The fourth-order valence-corrected chi connectivity index (χ4v) is 2.29. The molecule has 1 saturated carbocycles. The molecule has 4 heteroatoms. The molecular formula is C12H20N4. The molecule has 88 valence electrons. The summed E-state index contributed by atoms with van der Waals surface area (Å²) in [6.45, 7) is 2.32. The van der Waals surface area contributed by atoms with Crippen molar-refractivity contribution >= 4 is 11.6 Å². The normalized spacial score (nSPS) is 25.1. The van der Waals surface area contributed by atoms with Gasteiger partial charge < -0.3 is 10.6 Å². The van der Waals surface area contributed by atoms with Gasteiger partial charge in [0.25, 0.3) is 0 Å². The van der Waals surface area contributed by atoms with Crippen LogP contribution in [-0.2, 0) is 0 Å². The van der Waals surface area contributed by atoms with E-state index in [4.69, 9.17) is 0 Å². The summed E-state index contributed by atoms with van der Waals surface area (Å²) in [5.74, 6) is 2.53. The lowest BCUT2D eigenvalue weighted by Crippen LogP contribution is -2.30. The molecule has 1 aliphatic carbocycles. The Bertz CT molecular complexity index is 340. The lowest BCUT2D eigenvalue weighted by molar-refractivity contribution is 0.349. The molecule has 0 spiro atoms. The van der Waals surface area contributed by atoms with E-state index in [1.165, 1.54) is 25.7 Å². The third kappa shape index (κ3) is 2.62. The second-order valence-electron chi connectivity index (χ2n) is 4.55. The van der Waals surface area contributed by atoms with Crippen LogP contribution < -0.4 is 10.6 Å². The van der Waals surface area contributed by atoms with E-state index in [-0.39, 0.29) is 0 Å². The molecule has 1 heterocycles. The van der Waals surface area contributed by atoms with Crippen LogP contribution in [0.2, 0.25) is 0 Å².